The first kappa shape index (κ1) is 14.0. The number of hydrogen-bond donors (Lipinski definition) is 4. The van der Waals surface area contributed by atoms with Gasteiger partial charge < -0.3 is 11.1 Å². The third-order valence-electron chi connectivity index (χ3n) is 4.88. The third-order valence-corrected chi connectivity index (χ3v) is 4.88. The van der Waals surface area contributed by atoms with E-state index >= 15 is 0 Å². The van der Waals surface area contributed by atoms with Crippen molar-refractivity contribution in [2.75, 3.05) is 11.9 Å². The molecule has 5 N–H and O–H groups in total. The van der Waals surface area contributed by atoms with Crippen LogP contribution < -0.4 is 21.7 Å². The van der Waals surface area contributed by atoms with Crippen LogP contribution in [0.15, 0.2) is 53.5 Å². The molecule has 124 valence electrons. The van der Waals surface area contributed by atoms with Gasteiger partial charge in [0.25, 0.3) is 17.5 Å². The number of guanidine groups is 2. The first-order chi connectivity index (χ1) is 12.2. The Balaban J connectivity index is 1.68. The zero-order valence-electron chi connectivity index (χ0n) is 13.4. The Kier molecular flexibility index (Phi) is 2.71. The van der Waals surface area contributed by atoms with E-state index < -0.39 is 5.66 Å². The highest BCUT2D eigenvalue weighted by Crippen LogP contribution is 2.38. The molecule has 7 heteroatoms. The first-order valence-corrected chi connectivity index (χ1v) is 8.21. The van der Waals surface area contributed by atoms with Gasteiger partial charge in [0.05, 0.1) is 12.2 Å². The standard InChI is InChI=1S/C18H16N6O/c19-16-21-17(24-10-9-11-5-1-4-8-14(11)24)23-18(22-16)12-6-2-3-7-13(12)20-15(18)25/h1-8H,9-10H2,(H4,19,20,21,22,23,25)/p+1/t18-/m0/s1. The fourth-order valence-electron chi connectivity index (χ4n) is 3.74. The SMILES string of the molecule is NC1=N[C@@]2(NC(=[N+]3CCc4ccccc43)N1)C(=O)Nc1ccccc12. The van der Waals surface area contributed by atoms with E-state index in [9.17, 15) is 4.79 Å². The van der Waals surface area contributed by atoms with Gasteiger partial charge in [-0.25, -0.2) is 15.2 Å². The van der Waals surface area contributed by atoms with Gasteiger partial charge in [-0.05, 0) is 17.7 Å². The molecule has 0 radical (unpaired) electrons. The Morgan fingerprint density at radius 3 is 2.80 bits per heavy atom. The molecule has 0 aliphatic carbocycles. The number of benzene rings is 2. The molecule has 2 aromatic carbocycles. The molecule has 25 heavy (non-hydrogen) atoms. The van der Waals surface area contributed by atoms with E-state index in [0.717, 1.165) is 29.9 Å². The summed E-state index contributed by atoms with van der Waals surface area (Å²) in [7, 11) is 0. The number of nitrogens with zero attached hydrogens (tertiary/aromatic N) is 2. The maximum Gasteiger partial charge on any atom is 0.360 e. The van der Waals surface area contributed by atoms with E-state index in [2.05, 4.69) is 37.7 Å². The molecular weight excluding hydrogens is 316 g/mol. The van der Waals surface area contributed by atoms with Crippen molar-refractivity contribution in [3.05, 3.63) is 59.7 Å². The van der Waals surface area contributed by atoms with Crippen molar-refractivity contribution >= 4 is 29.2 Å². The van der Waals surface area contributed by atoms with Crippen LogP contribution in [0.5, 0.6) is 0 Å². The summed E-state index contributed by atoms with van der Waals surface area (Å²) in [6, 6.07) is 15.7. The minimum atomic E-state index is -1.24. The summed E-state index contributed by atoms with van der Waals surface area (Å²) in [6.07, 6.45) is 0.940. The predicted molar refractivity (Wildman–Crippen MR) is 94.6 cm³/mol. The Labute approximate surface area is 144 Å². The summed E-state index contributed by atoms with van der Waals surface area (Å²) >= 11 is 0. The van der Waals surface area contributed by atoms with Crippen molar-refractivity contribution in [2.45, 2.75) is 12.1 Å². The molecule has 3 heterocycles. The summed E-state index contributed by atoms with van der Waals surface area (Å²) in [5.74, 6) is 0.650. The van der Waals surface area contributed by atoms with E-state index in [1.165, 1.54) is 5.56 Å². The van der Waals surface area contributed by atoms with Gasteiger partial charge in [0.15, 0.2) is 0 Å². The van der Waals surface area contributed by atoms with Gasteiger partial charge in [-0.1, -0.05) is 36.4 Å². The van der Waals surface area contributed by atoms with Crippen LogP contribution in [-0.2, 0) is 16.9 Å². The van der Waals surface area contributed by atoms with E-state index in [0.29, 0.717) is 5.96 Å². The van der Waals surface area contributed by atoms with Gasteiger partial charge in [-0.15, -0.1) is 0 Å². The van der Waals surface area contributed by atoms with Gasteiger partial charge >= 0.3 is 5.96 Å². The highest BCUT2D eigenvalue weighted by molar-refractivity contribution is 6.11. The lowest BCUT2D eigenvalue weighted by Crippen LogP contribution is -2.63. The quantitative estimate of drug-likeness (QED) is 0.530. The minimum absolute atomic E-state index is 0.213. The lowest BCUT2D eigenvalue weighted by molar-refractivity contribution is -0.434. The van der Waals surface area contributed by atoms with Crippen LogP contribution in [0, 0.1) is 0 Å². The van der Waals surface area contributed by atoms with Gasteiger partial charge in [-0.3, -0.25) is 4.79 Å². The molecule has 2 aromatic rings. The van der Waals surface area contributed by atoms with Crippen molar-refractivity contribution < 1.29 is 9.37 Å². The van der Waals surface area contributed by atoms with Crippen LogP contribution in [0.3, 0.4) is 0 Å². The zero-order chi connectivity index (χ0) is 17.0. The number of nitrogens with two attached hydrogens (primary N) is 1. The monoisotopic (exact) mass is 333 g/mol. The largest absolute Gasteiger partial charge is 0.360 e. The van der Waals surface area contributed by atoms with Crippen LogP contribution in [-0.4, -0.2) is 28.9 Å². The van der Waals surface area contributed by atoms with Gasteiger partial charge in [0.2, 0.25) is 0 Å². The second-order valence-corrected chi connectivity index (χ2v) is 6.34. The number of carbonyl (C=O) groups excluding carboxylic acids is 1. The van der Waals surface area contributed by atoms with E-state index in [1.54, 1.807) is 0 Å². The molecule has 0 fully saturated rings. The zero-order valence-corrected chi connectivity index (χ0v) is 13.4. The van der Waals surface area contributed by atoms with Crippen LogP contribution in [0.2, 0.25) is 0 Å². The Bertz CT molecular complexity index is 979. The van der Waals surface area contributed by atoms with Gasteiger partial charge in [-0.2, -0.15) is 4.99 Å². The average molecular weight is 333 g/mol. The van der Waals surface area contributed by atoms with Crippen LogP contribution in [0.25, 0.3) is 0 Å². The third kappa shape index (κ3) is 1.89. The summed E-state index contributed by atoms with van der Waals surface area (Å²) in [5.41, 5.74) is 8.72. The number of nitrogens with one attached hydrogen (secondary N) is 3. The Morgan fingerprint density at radius 2 is 1.88 bits per heavy atom. The molecule has 5 rings (SSSR count). The molecule has 0 bridgehead atoms. The fourth-order valence-corrected chi connectivity index (χ4v) is 3.74. The molecule has 1 atom stereocenters. The normalized spacial score (nSPS) is 26.4. The fraction of sp³-hybridized carbons (Fsp3) is 0.167. The second kappa shape index (κ2) is 4.83. The Hall–Kier alpha value is -3.35. The molecule has 1 spiro atoms. The maximum atomic E-state index is 12.8. The highest BCUT2D eigenvalue weighted by Gasteiger charge is 2.54. The maximum absolute atomic E-state index is 12.8. The number of fused-ring (bicyclic) bond motifs is 3. The van der Waals surface area contributed by atoms with Gasteiger partial charge in [0.1, 0.15) is 5.69 Å². The lowest BCUT2D eigenvalue weighted by atomic mass is 10.0. The van der Waals surface area contributed by atoms with Crippen LogP contribution in [0.1, 0.15) is 11.1 Å². The van der Waals surface area contributed by atoms with E-state index in [-0.39, 0.29) is 11.9 Å². The minimum Gasteiger partial charge on any atom is -0.357 e. The van der Waals surface area contributed by atoms with Crippen molar-refractivity contribution in [1.29, 1.82) is 0 Å². The first-order valence-electron chi connectivity index (χ1n) is 8.21. The molecule has 3 aliphatic heterocycles. The topological polar surface area (TPSA) is 94.5 Å². The number of hydrogen-bond acceptors (Lipinski definition) is 3. The molecule has 0 saturated carbocycles. The van der Waals surface area contributed by atoms with Crippen LogP contribution in [0.4, 0.5) is 11.4 Å². The van der Waals surface area contributed by atoms with Crippen molar-refractivity contribution in [2.24, 2.45) is 10.7 Å². The van der Waals surface area contributed by atoms with E-state index in [4.69, 9.17) is 5.73 Å². The molecule has 3 aliphatic rings. The predicted octanol–water partition coefficient (Wildman–Crippen LogP) is 0.555. The number of carbonyl (C=O) groups is 1. The number of amides is 1. The lowest BCUT2D eigenvalue weighted by Gasteiger charge is -2.27. The van der Waals surface area contributed by atoms with Crippen LogP contribution >= 0.6 is 0 Å². The van der Waals surface area contributed by atoms with E-state index in [1.807, 2.05) is 36.4 Å². The van der Waals surface area contributed by atoms with Crippen molar-refractivity contribution in [1.82, 2.24) is 10.6 Å². The number of anilines is 1. The van der Waals surface area contributed by atoms with Crippen molar-refractivity contribution in [3.8, 4) is 0 Å². The molecule has 1 amide bonds. The summed E-state index contributed by atoms with van der Waals surface area (Å²) < 4.78 is 2.10. The molecular formula is C18H17N6O+. The summed E-state index contributed by atoms with van der Waals surface area (Å²) in [6.45, 7) is 0.807. The Morgan fingerprint density at radius 1 is 1.08 bits per heavy atom. The van der Waals surface area contributed by atoms with Crippen molar-refractivity contribution in [3.63, 3.8) is 0 Å². The smallest absolute Gasteiger partial charge is 0.357 e. The molecule has 0 aromatic heterocycles. The average Bonchev–Trinajstić information content (AvgIpc) is 3.15. The number of rotatable bonds is 0. The molecule has 7 nitrogen and oxygen atoms in total. The number of para-hydroxylation sites is 2. The van der Waals surface area contributed by atoms with Gasteiger partial charge in [0, 0.05) is 12.0 Å². The number of aliphatic imine (C=N–C) groups is 1. The molecule has 0 unspecified atom stereocenters. The summed E-state index contributed by atoms with van der Waals surface area (Å²) in [4.78, 5) is 17.2. The highest BCUT2D eigenvalue weighted by atomic mass is 16.2. The second-order valence-electron chi connectivity index (χ2n) is 6.34. The molecule has 0 saturated heterocycles. The summed E-state index contributed by atoms with van der Waals surface area (Å²) in [5, 5.41) is 9.27.